The number of halogens is 5. The molecule has 0 saturated heterocycles. The third kappa shape index (κ3) is 24.5. The van der Waals surface area contributed by atoms with Crippen LogP contribution in [0.4, 0.5) is 22.0 Å². The van der Waals surface area contributed by atoms with Gasteiger partial charge in [0.2, 0.25) is 70.8 Å². The van der Waals surface area contributed by atoms with E-state index >= 15 is 8.78 Å². The zero-order valence-electron chi connectivity index (χ0n) is 61.8. The Kier molecular flexibility index (Phi) is 31.7. The van der Waals surface area contributed by atoms with Gasteiger partial charge in [-0.2, -0.15) is 0 Å². The fourth-order valence-corrected chi connectivity index (χ4v) is 11.6. The normalized spacial score (nSPS) is 14.5. The van der Waals surface area contributed by atoms with Gasteiger partial charge in [0.25, 0.3) is 0 Å². The van der Waals surface area contributed by atoms with Crippen LogP contribution < -0.4 is 64.6 Å². The van der Waals surface area contributed by atoms with Crippen molar-refractivity contribution in [3.05, 3.63) is 172 Å². The Labute approximate surface area is 638 Å². The summed E-state index contributed by atoms with van der Waals surface area (Å²) in [5.74, 6) is -30.7. The zero-order chi connectivity index (χ0) is 83.2. The first kappa shape index (κ1) is 88.8. The van der Waals surface area contributed by atoms with Crippen molar-refractivity contribution in [2.45, 2.75) is 171 Å². The molecule has 6 aromatic rings. The fraction of sp³-hybridized carbons (Fsp3) is 0.387. The van der Waals surface area contributed by atoms with E-state index in [1.807, 2.05) is 83.6 Å². The highest BCUT2D eigenvalue weighted by Crippen LogP contribution is 2.29. The molecule has 32 nitrogen and oxygen atoms in total. The van der Waals surface area contributed by atoms with Crippen molar-refractivity contribution in [1.29, 1.82) is 0 Å². The molecule has 0 saturated carbocycles. The number of benzene rings is 5. The maximum absolute atomic E-state index is 15.6. The van der Waals surface area contributed by atoms with Crippen LogP contribution in [0.5, 0.6) is 0 Å². The first-order valence-electron chi connectivity index (χ1n) is 35.0. The quantitative estimate of drug-likeness (QED) is 0.0134. The molecule has 11 amide bonds. The highest BCUT2D eigenvalue weighted by atomic mass is 19.2. The number of nitrogens with two attached hydrogens (primary N) is 2. The Hall–Kier alpha value is -12.1. The number of carbonyl (C=O) groups is 13. The van der Waals surface area contributed by atoms with E-state index < -0.39 is 222 Å². The zero-order valence-corrected chi connectivity index (χ0v) is 61.8. The molecule has 1 aromatic heterocycles. The summed E-state index contributed by atoms with van der Waals surface area (Å²) in [5, 5.41) is 73.4. The average Bonchev–Trinajstić information content (AvgIpc) is 0.810. The molecular formula is C75H89F5N14O18. The number of carbonyl (C=O) groups excluding carboxylic acids is 11. The van der Waals surface area contributed by atoms with Gasteiger partial charge in [-0.05, 0) is 98.9 Å². The number of hydrogen-bond acceptors (Lipinski definition) is 18. The van der Waals surface area contributed by atoms with E-state index in [0.717, 1.165) is 47.2 Å². The molecule has 0 spiro atoms. The second kappa shape index (κ2) is 40.0. The molecule has 112 heavy (non-hydrogen) atoms. The van der Waals surface area contributed by atoms with E-state index in [-0.39, 0.29) is 19.3 Å². The fourth-order valence-electron chi connectivity index (χ4n) is 11.6. The molecule has 0 unspecified atom stereocenters. The van der Waals surface area contributed by atoms with Gasteiger partial charge in [0, 0.05) is 49.6 Å². The number of H-pyrrole nitrogens is 1. The van der Waals surface area contributed by atoms with Crippen LogP contribution in [-0.2, 0) is 94.4 Å². The van der Waals surface area contributed by atoms with Gasteiger partial charge in [-0.3, -0.25) is 62.3 Å². The Balaban J connectivity index is 1.21. The number of aliphatic hydroxyl groups is 3. The summed E-state index contributed by atoms with van der Waals surface area (Å²) in [6.45, 7) is 5.98. The van der Waals surface area contributed by atoms with Crippen molar-refractivity contribution in [3.63, 3.8) is 0 Å². The van der Waals surface area contributed by atoms with Gasteiger partial charge in [0.1, 0.15) is 53.4 Å². The van der Waals surface area contributed by atoms with Crippen molar-refractivity contribution in [2.24, 2.45) is 11.5 Å². The number of carboxylic acids is 2. The lowest BCUT2D eigenvalue weighted by Gasteiger charge is -2.34. The summed E-state index contributed by atoms with van der Waals surface area (Å²) in [5.41, 5.74) is 12.0. The predicted octanol–water partition coefficient (Wildman–Crippen LogP) is -0.234. The molecule has 37 heteroatoms. The first-order chi connectivity index (χ1) is 52.7. The number of aromatic amines is 1. The summed E-state index contributed by atoms with van der Waals surface area (Å²) < 4.78 is 75.2. The second-order valence-electron chi connectivity index (χ2n) is 27.3. The van der Waals surface area contributed by atoms with Crippen LogP contribution in [0.1, 0.15) is 94.3 Å². The van der Waals surface area contributed by atoms with Gasteiger partial charge in [-0.15, -0.1) is 0 Å². The van der Waals surface area contributed by atoms with Gasteiger partial charge in [0.15, 0.2) is 23.3 Å². The van der Waals surface area contributed by atoms with E-state index in [4.69, 9.17) is 11.5 Å². The molecule has 0 radical (unpaired) electrons. The highest BCUT2D eigenvalue weighted by Gasteiger charge is 2.45. The lowest BCUT2D eigenvalue weighted by Crippen LogP contribution is -2.67. The minimum atomic E-state index is -3.15. The second-order valence-corrected chi connectivity index (χ2v) is 27.3. The smallest absolute Gasteiger partial charge is 0.305 e. The number of aromatic nitrogens is 2. The predicted molar refractivity (Wildman–Crippen MR) is 390 cm³/mol. The number of aliphatic carboxylic acids is 2. The minimum Gasteiger partial charge on any atom is -0.481 e. The molecule has 0 aliphatic rings. The summed E-state index contributed by atoms with van der Waals surface area (Å²) >= 11 is 0. The topological polar surface area (TPSA) is 524 Å². The van der Waals surface area contributed by atoms with Crippen LogP contribution >= 0.6 is 0 Å². The number of aliphatic hydroxyl groups excluding tert-OH is 3. The summed E-state index contributed by atoms with van der Waals surface area (Å²) in [4.78, 5) is 183. The lowest BCUT2D eigenvalue weighted by atomic mass is 9.89. The monoisotopic (exact) mass is 1570 g/mol. The third-order valence-corrected chi connectivity index (χ3v) is 18.0. The summed E-state index contributed by atoms with van der Waals surface area (Å²) in [7, 11) is 0. The third-order valence-electron chi connectivity index (χ3n) is 18.0. The number of nitrogens with one attached hydrogen (secondary N) is 11. The van der Waals surface area contributed by atoms with Gasteiger partial charge in [-0.1, -0.05) is 104 Å². The van der Waals surface area contributed by atoms with Crippen molar-refractivity contribution in [3.8, 4) is 22.3 Å². The number of rotatable bonds is 40. The molecule has 20 N–H and O–H groups in total. The van der Waals surface area contributed by atoms with Crippen molar-refractivity contribution in [2.75, 3.05) is 13.2 Å². The highest BCUT2D eigenvalue weighted by molar-refractivity contribution is 6.01. The van der Waals surface area contributed by atoms with Crippen LogP contribution in [0.25, 0.3) is 22.3 Å². The Morgan fingerprint density at radius 2 is 1.05 bits per heavy atom. The Morgan fingerprint density at radius 1 is 0.545 bits per heavy atom. The molecule has 0 bridgehead atoms. The molecule has 602 valence electrons. The number of amides is 11. The largest absolute Gasteiger partial charge is 0.481 e. The van der Waals surface area contributed by atoms with E-state index in [0.29, 0.717) is 30.2 Å². The van der Waals surface area contributed by atoms with Gasteiger partial charge < -0.3 is 95.2 Å². The Morgan fingerprint density at radius 3 is 1.59 bits per heavy atom. The first-order valence-corrected chi connectivity index (χ1v) is 35.0. The van der Waals surface area contributed by atoms with Crippen LogP contribution in [0.3, 0.4) is 0 Å². The molecule has 1 heterocycles. The van der Waals surface area contributed by atoms with Crippen molar-refractivity contribution < 1.29 is 110 Å². The number of carboxylic acid groups (broad SMARTS) is 2. The molecule has 11 atom stereocenters. The van der Waals surface area contributed by atoms with E-state index in [9.17, 15) is 101 Å². The SMILES string of the molecule is CCc1ccccc1-c1ccc(C[C@H](NC(=O)[C@H](CC(=O)O)NC(=O)[C@H](CO)NC(=O)[C@@H](NC(=O)[C@](C)(Cc2c(F)c(F)c(F)c(F)c2F)NC(=O)[C@@H](NC(=O)CNC(=O)[C@H](CCC(=O)O)NC(=O)C(C)(C)NC(=O)[C@@H](N)Cc2cnc[nH]2)[C@@H](C)O)[C@@H](C)O)C(=O)N[C@@H](Cc2ccc(-c3ccccc3C)cc2)C(N)=O)cc1. The number of hydrogen-bond donors (Lipinski definition) is 18. The molecule has 0 aliphatic carbocycles. The molecule has 5 aromatic carbocycles. The molecule has 0 aliphatic heterocycles. The standard InChI is InChI=1S/C75H89F5N14O18/c1-8-41-14-10-12-16-46(41)43-23-19-40(20-24-43)28-51(67(106)86-50(64(82)103)27-39-17-21-42(22-18-39)45-15-11-9-13-36(45)2)87-68(107)52(30-56(101)102)88-69(108)53(34-95)89-70(109)62(37(3)96)92-73(112)75(7,31-47-57(76)59(78)61(80)60(79)58(47)77)94-71(110)63(38(4)97)91-54(98)33-84-66(105)49(25-26-55(99)100)90-72(111)74(5,6)93-65(104)48(81)29-44-32-83-35-85-44/h9-24,32,35,37-38,48-53,62-63,95-97H,8,25-31,33-34,81H2,1-7H3,(H2,82,103)(H,83,85)(H,84,105)(H,86,106)(H,87,107)(H,88,108)(H,89,109)(H,90,111)(H,91,98)(H,92,112)(H,93,104)(H,94,110)(H,99,100)(H,101,102)/t37-,38-,48+,49+,50+,51+,52+,53+,62+,63+,75+/m1/s1. The number of nitrogens with zero attached hydrogens (tertiary/aromatic N) is 1. The maximum Gasteiger partial charge on any atom is 0.305 e. The van der Waals surface area contributed by atoms with Gasteiger partial charge in [0.05, 0.1) is 44.1 Å². The number of imidazole rings is 1. The molecule has 6 rings (SSSR count). The Bertz CT molecular complexity index is 4410. The van der Waals surface area contributed by atoms with Gasteiger partial charge in [-0.25, -0.2) is 26.9 Å². The maximum atomic E-state index is 15.6. The number of primary amides is 1. The average molecular weight is 1570 g/mol. The van der Waals surface area contributed by atoms with E-state index in [1.54, 1.807) is 48.5 Å². The van der Waals surface area contributed by atoms with E-state index in [2.05, 4.69) is 41.9 Å². The van der Waals surface area contributed by atoms with Gasteiger partial charge >= 0.3 is 11.9 Å². The van der Waals surface area contributed by atoms with Crippen molar-refractivity contribution in [1.82, 2.24) is 63.1 Å². The summed E-state index contributed by atoms with van der Waals surface area (Å²) in [6.07, 6.45) is -5.75. The van der Waals surface area contributed by atoms with Crippen molar-refractivity contribution >= 4 is 76.9 Å². The van der Waals surface area contributed by atoms with E-state index in [1.165, 1.54) is 26.4 Å². The van der Waals surface area contributed by atoms with Crippen LogP contribution in [0.15, 0.2) is 110 Å². The van der Waals surface area contributed by atoms with Crippen LogP contribution in [0.2, 0.25) is 0 Å². The summed E-state index contributed by atoms with van der Waals surface area (Å²) in [6, 6.07) is 13.7. The molecule has 0 fully saturated rings. The van der Waals surface area contributed by atoms with Crippen LogP contribution in [-0.4, -0.2) is 197 Å². The van der Waals surface area contributed by atoms with Crippen LogP contribution in [0, 0.1) is 36.0 Å². The molecular weight excluding hydrogens is 1480 g/mol. The lowest BCUT2D eigenvalue weighted by molar-refractivity contribution is -0.142. The number of aryl methyl sites for hydroxylation is 2. The minimum absolute atomic E-state index is 0.0413.